The standard InChI is InChI=1S/C13H15N9O/c1-8-16-17-10-3-4-11(19-22(8)10)21-5-9(6-21)20(2)13(23)12-14-7-15-18-12/h3-4,7,9H,5-6H2,1-2H3,(H,14,15,18). The molecule has 10 heteroatoms. The average Bonchev–Trinajstić information content (AvgIpc) is 3.15. The largest absolute Gasteiger partial charge is 0.351 e. The molecule has 4 rings (SSSR count). The lowest BCUT2D eigenvalue weighted by molar-refractivity contribution is 0.0693. The van der Waals surface area contributed by atoms with E-state index in [4.69, 9.17) is 0 Å². The second kappa shape index (κ2) is 5.00. The highest BCUT2D eigenvalue weighted by molar-refractivity contribution is 5.90. The van der Waals surface area contributed by atoms with Gasteiger partial charge in [-0.05, 0) is 19.1 Å². The molecule has 0 aromatic carbocycles. The fourth-order valence-corrected chi connectivity index (χ4v) is 2.58. The zero-order valence-electron chi connectivity index (χ0n) is 12.7. The number of aryl methyl sites for hydroxylation is 1. The SMILES string of the molecule is Cc1nnc2ccc(N3CC(N(C)C(=O)c4ncn[nH]4)C3)nn12. The maximum atomic E-state index is 12.2. The first-order valence-electron chi connectivity index (χ1n) is 7.20. The minimum Gasteiger partial charge on any atom is -0.351 e. The van der Waals surface area contributed by atoms with Crippen LogP contribution in [0, 0.1) is 6.92 Å². The van der Waals surface area contributed by atoms with Crippen molar-refractivity contribution in [2.24, 2.45) is 0 Å². The molecule has 1 amide bonds. The van der Waals surface area contributed by atoms with Gasteiger partial charge in [-0.3, -0.25) is 9.89 Å². The first-order chi connectivity index (χ1) is 11.1. The fourth-order valence-electron chi connectivity index (χ4n) is 2.58. The molecule has 3 aromatic heterocycles. The number of rotatable bonds is 3. The van der Waals surface area contributed by atoms with Gasteiger partial charge in [0.05, 0.1) is 6.04 Å². The van der Waals surface area contributed by atoms with E-state index in [2.05, 4.69) is 35.4 Å². The van der Waals surface area contributed by atoms with E-state index in [0.717, 1.165) is 30.4 Å². The Morgan fingerprint density at radius 2 is 2.17 bits per heavy atom. The number of nitrogens with zero attached hydrogens (tertiary/aromatic N) is 8. The number of fused-ring (bicyclic) bond motifs is 1. The molecule has 0 saturated carbocycles. The van der Waals surface area contributed by atoms with Crippen LogP contribution < -0.4 is 4.90 Å². The lowest BCUT2D eigenvalue weighted by atomic mass is 10.1. The molecular weight excluding hydrogens is 298 g/mol. The molecule has 0 bridgehead atoms. The Hall–Kier alpha value is -3.04. The van der Waals surface area contributed by atoms with Crippen molar-refractivity contribution in [3.63, 3.8) is 0 Å². The number of carbonyl (C=O) groups is 1. The molecule has 0 aliphatic carbocycles. The Kier molecular flexibility index (Phi) is 2.96. The molecule has 1 saturated heterocycles. The molecule has 3 aromatic rings. The van der Waals surface area contributed by atoms with Gasteiger partial charge in [-0.25, -0.2) is 4.98 Å². The Balaban J connectivity index is 1.46. The van der Waals surface area contributed by atoms with Gasteiger partial charge in [0, 0.05) is 20.1 Å². The van der Waals surface area contributed by atoms with Crippen LogP contribution >= 0.6 is 0 Å². The van der Waals surface area contributed by atoms with Gasteiger partial charge in [-0.2, -0.15) is 9.61 Å². The molecule has 1 aliphatic heterocycles. The van der Waals surface area contributed by atoms with Gasteiger partial charge in [0.2, 0.25) is 5.82 Å². The molecule has 4 heterocycles. The van der Waals surface area contributed by atoms with Crippen LogP contribution in [0.2, 0.25) is 0 Å². The summed E-state index contributed by atoms with van der Waals surface area (Å²) in [5.74, 6) is 1.68. The number of likely N-dealkylation sites (N-methyl/N-ethyl adjacent to an activating group) is 1. The number of nitrogens with one attached hydrogen (secondary N) is 1. The number of hydrogen-bond donors (Lipinski definition) is 1. The minimum absolute atomic E-state index is 0.118. The van der Waals surface area contributed by atoms with Crippen LogP contribution in [0.4, 0.5) is 5.82 Å². The van der Waals surface area contributed by atoms with Crippen molar-refractivity contribution in [2.45, 2.75) is 13.0 Å². The average molecular weight is 313 g/mol. The quantitative estimate of drug-likeness (QED) is 0.695. The molecule has 1 fully saturated rings. The number of carbonyl (C=O) groups excluding carboxylic acids is 1. The molecule has 1 aliphatic rings. The third kappa shape index (κ3) is 2.18. The van der Waals surface area contributed by atoms with Gasteiger partial charge < -0.3 is 9.80 Å². The first kappa shape index (κ1) is 13.6. The zero-order chi connectivity index (χ0) is 16.0. The van der Waals surface area contributed by atoms with Gasteiger partial charge in [-0.15, -0.1) is 15.3 Å². The Morgan fingerprint density at radius 1 is 1.35 bits per heavy atom. The van der Waals surface area contributed by atoms with Gasteiger partial charge in [0.25, 0.3) is 5.91 Å². The summed E-state index contributed by atoms with van der Waals surface area (Å²) >= 11 is 0. The maximum absolute atomic E-state index is 12.2. The summed E-state index contributed by atoms with van der Waals surface area (Å²) in [6, 6.07) is 3.92. The Labute approximate surface area is 131 Å². The Bertz CT molecular complexity index is 850. The molecule has 0 unspecified atom stereocenters. The van der Waals surface area contributed by atoms with Crippen molar-refractivity contribution in [3.8, 4) is 0 Å². The third-order valence-electron chi connectivity index (χ3n) is 4.08. The van der Waals surface area contributed by atoms with Crippen LogP contribution in [0.3, 0.4) is 0 Å². The molecule has 0 spiro atoms. The van der Waals surface area contributed by atoms with E-state index in [1.165, 1.54) is 6.33 Å². The van der Waals surface area contributed by atoms with Gasteiger partial charge in [0.15, 0.2) is 11.5 Å². The number of amides is 1. The second-order valence-corrected chi connectivity index (χ2v) is 5.52. The molecule has 23 heavy (non-hydrogen) atoms. The first-order valence-corrected chi connectivity index (χ1v) is 7.20. The molecule has 10 nitrogen and oxygen atoms in total. The minimum atomic E-state index is -0.162. The van der Waals surface area contributed by atoms with Crippen LogP contribution in [0.25, 0.3) is 5.65 Å². The van der Waals surface area contributed by atoms with E-state index >= 15 is 0 Å². The summed E-state index contributed by atoms with van der Waals surface area (Å²) in [5, 5.41) is 18.8. The number of aromatic nitrogens is 7. The second-order valence-electron chi connectivity index (χ2n) is 5.52. The summed E-state index contributed by atoms with van der Waals surface area (Å²) < 4.78 is 1.71. The molecule has 0 radical (unpaired) electrons. The van der Waals surface area contributed by atoms with Crippen LogP contribution in [-0.2, 0) is 0 Å². The third-order valence-corrected chi connectivity index (χ3v) is 4.08. The smallest absolute Gasteiger partial charge is 0.291 e. The number of anilines is 1. The summed E-state index contributed by atoms with van der Waals surface area (Å²) in [5.41, 5.74) is 0.723. The van der Waals surface area contributed by atoms with E-state index in [1.807, 2.05) is 19.1 Å². The predicted molar refractivity (Wildman–Crippen MR) is 80.0 cm³/mol. The monoisotopic (exact) mass is 313 g/mol. The molecular formula is C13H15N9O. The number of hydrogen-bond acceptors (Lipinski definition) is 7. The van der Waals surface area contributed by atoms with E-state index in [1.54, 1.807) is 16.5 Å². The molecule has 0 atom stereocenters. The predicted octanol–water partition coefficient (Wildman–Crippen LogP) is -0.488. The lowest BCUT2D eigenvalue weighted by Crippen LogP contribution is -2.60. The summed E-state index contributed by atoms with van der Waals surface area (Å²) in [4.78, 5) is 19.9. The topological polar surface area (TPSA) is 108 Å². The van der Waals surface area contributed by atoms with Gasteiger partial charge in [0.1, 0.15) is 12.1 Å². The van der Waals surface area contributed by atoms with E-state index < -0.39 is 0 Å². The molecule has 118 valence electrons. The number of H-pyrrole nitrogens is 1. The van der Waals surface area contributed by atoms with Crippen LogP contribution in [0.5, 0.6) is 0 Å². The Morgan fingerprint density at radius 3 is 2.91 bits per heavy atom. The van der Waals surface area contributed by atoms with Crippen molar-refractivity contribution in [1.82, 2.24) is 39.9 Å². The van der Waals surface area contributed by atoms with Crippen molar-refractivity contribution < 1.29 is 4.79 Å². The van der Waals surface area contributed by atoms with Crippen LogP contribution in [0.1, 0.15) is 16.4 Å². The zero-order valence-corrected chi connectivity index (χ0v) is 12.7. The van der Waals surface area contributed by atoms with Crippen LogP contribution in [0.15, 0.2) is 18.5 Å². The highest BCUT2D eigenvalue weighted by Crippen LogP contribution is 2.22. The van der Waals surface area contributed by atoms with Crippen molar-refractivity contribution in [3.05, 3.63) is 30.1 Å². The van der Waals surface area contributed by atoms with Crippen LogP contribution in [-0.4, -0.2) is 72.0 Å². The van der Waals surface area contributed by atoms with Crippen molar-refractivity contribution in [1.29, 1.82) is 0 Å². The lowest BCUT2D eigenvalue weighted by Gasteiger charge is -2.44. The van der Waals surface area contributed by atoms with E-state index in [9.17, 15) is 4.79 Å². The van der Waals surface area contributed by atoms with Crippen molar-refractivity contribution >= 4 is 17.4 Å². The normalized spacial score (nSPS) is 15.0. The van der Waals surface area contributed by atoms with E-state index in [0.29, 0.717) is 0 Å². The number of aromatic amines is 1. The summed E-state index contributed by atoms with van der Waals surface area (Å²) in [6.07, 6.45) is 1.33. The van der Waals surface area contributed by atoms with Crippen molar-refractivity contribution in [2.75, 3.05) is 25.0 Å². The fraction of sp³-hybridized carbons (Fsp3) is 0.385. The van der Waals surface area contributed by atoms with Gasteiger partial charge in [-0.1, -0.05) is 0 Å². The highest BCUT2D eigenvalue weighted by Gasteiger charge is 2.34. The summed E-state index contributed by atoms with van der Waals surface area (Å²) in [7, 11) is 1.77. The maximum Gasteiger partial charge on any atom is 0.291 e. The summed E-state index contributed by atoms with van der Waals surface area (Å²) in [6.45, 7) is 3.30. The highest BCUT2D eigenvalue weighted by atomic mass is 16.2. The van der Waals surface area contributed by atoms with Gasteiger partial charge >= 0.3 is 0 Å². The molecule has 1 N–H and O–H groups in total. The van der Waals surface area contributed by atoms with E-state index in [-0.39, 0.29) is 17.8 Å².